The Labute approximate surface area is 97.8 Å². The van der Waals surface area contributed by atoms with Gasteiger partial charge in [0.1, 0.15) is 0 Å². The van der Waals surface area contributed by atoms with Gasteiger partial charge < -0.3 is 0 Å². The maximum absolute atomic E-state index is 2.39. The molecule has 15 heavy (non-hydrogen) atoms. The second-order valence-electron chi connectivity index (χ2n) is 4.99. The van der Waals surface area contributed by atoms with Gasteiger partial charge in [-0.3, -0.25) is 0 Å². The molecule has 0 radical (unpaired) electrons. The van der Waals surface area contributed by atoms with Gasteiger partial charge in [-0.05, 0) is 17.8 Å². The van der Waals surface area contributed by atoms with Crippen molar-refractivity contribution in [3.05, 3.63) is 0 Å². The highest BCUT2D eigenvalue weighted by atomic mass is 14.3. The van der Waals surface area contributed by atoms with Crippen molar-refractivity contribution in [2.45, 2.75) is 79.6 Å². The smallest absolute Gasteiger partial charge is 0.0360 e. The highest BCUT2D eigenvalue weighted by Gasteiger charge is 2.24. The van der Waals surface area contributed by atoms with E-state index < -0.39 is 0 Å². The molecule has 0 rings (SSSR count). The van der Waals surface area contributed by atoms with E-state index in [1.54, 1.807) is 0 Å². The molecule has 0 aliphatic carbocycles. The van der Waals surface area contributed by atoms with Gasteiger partial charge in [0.2, 0.25) is 0 Å². The zero-order chi connectivity index (χ0) is 11.7. The zero-order valence-corrected chi connectivity index (χ0v) is 11.7. The molecular formula is C15H32. The lowest BCUT2D eigenvalue weighted by Crippen LogP contribution is -2.22. The van der Waals surface area contributed by atoms with Crippen LogP contribution in [-0.2, 0) is 0 Å². The van der Waals surface area contributed by atoms with Crippen molar-refractivity contribution in [2.75, 3.05) is 0 Å². The molecule has 0 saturated heterocycles. The molecule has 0 N–H and O–H groups in total. The molecule has 0 fully saturated rings. The first kappa shape index (κ1) is 15.0. The fourth-order valence-corrected chi connectivity index (χ4v) is 3.24. The van der Waals surface area contributed by atoms with Gasteiger partial charge in [0.25, 0.3) is 0 Å². The van der Waals surface area contributed by atoms with Crippen LogP contribution in [0.4, 0.5) is 0 Å². The van der Waals surface area contributed by atoms with Crippen molar-refractivity contribution >= 4 is 0 Å². The first-order valence-corrected chi connectivity index (χ1v) is 7.24. The summed E-state index contributed by atoms with van der Waals surface area (Å²) in [5, 5.41) is 0. The third-order valence-corrected chi connectivity index (χ3v) is 4.05. The Bertz CT molecular complexity index is 114. The van der Waals surface area contributed by atoms with Gasteiger partial charge >= 0.3 is 0 Å². The molecule has 92 valence electrons. The van der Waals surface area contributed by atoms with E-state index in [9.17, 15) is 0 Å². The van der Waals surface area contributed by atoms with Gasteiger partial charge in [0.15, 0.2) is 0 Å². The van der Waals surface area contributed by atoms with Gasteiger partial charge in [0, 0.05) is 0 Å². The normalized spacial score (nSPS) is 17.4. The van der Waals surface area contributed by atoms with Crippen LogP contribution in [0.25, 0.3) is 0 Å². The highest BCUT2D eigenvalue weighted by Crippen LogP contribution is 2.34. The molecule has 0 aliphatic rings. The standard InChI is InChI=1S/C15H32/c1-6-11-13(8-3)15(10-5)14(9-4)12-7-2/h13-15H,6-12H2,1-5H3. The summed E-state index contributed by atoms with van der Waals surface area (Å²) < 4.78 is 0. The Morgan fingerprint density at radius 3 is 1.20 bits per heavy atom. The molecule has 0 heterocycles. The summed E-state index contributed by atoms with van der Waals surface area (Å²) in [6.07, 6.45) is 9.75. The van der Waals surface area contributed by atoms with Crippen molar-refractivity contribution in [2.24, 2.45) is 17.8 Å². The molecule has 0 aromatic carbocycles. The van der Waals surface area contributed by atoms with E-state index in [0.29, 0.717) is 0 Å². The van der Waals surface area contributed by atoms with E-state index >= 15 is 0 Å². The number of rotatable bonds is 9. The molecule has 0 amide bonds. The van der Waals surface area contributed by atoms with Crippen molar-refractivity contribution in [1.82, 2.24) is 0 Å². The lowest BCUT2D eigenvalue weighted by molar-refractivity contribution is 0.184. The zero-order valence-electron chi connectivity index (χ0n) is 11.7. The summed E-state index contributed by atoms with van der Waals surface area (Å²) in [6.45, 7) is 11.8. The fraction of sp³-hybridized carbons (Fsp3) is 1.00. The molecule has 0 aliphatic heterocycles. The maximum atomic E-state index is 2.39. The Kier molecular flexibility index (Phi) is 9.24. The van der Waals surface area contributed by atoms with Crippen LogP contribution in [-0.4, -0.2) is 0 Å². The van der Waals surface area contributed by atoms with Crippen molar-refractivity contribution in [3.63, 3.8) is 0 Å². The SMILES string of the molecule is CCCC(CC)C(CC)C(CC)CCC. The molecule has 0 heteroatoms. The summed E-state index contributed by atoms with van der Waals surface area (Å²) in [4.78, 5) is 0. The van der Waals surface area contributed by atoms with Crippen molar-refractivity contribution < 1.29 is 0 Å². The minimum absolute atomic E-state index is 0.983. The van der Waals surface area contributed by atoms with Gasteiger partial charge in [-0.15, -0.1) is 0 Å². The molecule has 0 aromatic heterocycles. The van der Waals surface area contributed by atoms with Crippen LogP contribution in [0.15, 0.2) is 0 Å². The maximum Gasteiger partial charge on any atom is -0.0360 e. The van der Waals surface area contributed by atoms with E-state index in [2.05, 4.69) is 34.6 Å². The van der Waals surface area contributed by atoms with Crippen LogP contribution < -0.4 is 0 Å². The second-order valence-corrected chi connectivity index (χ2v) is 4.99. The first-order valence-electron chi connectivity index (χ1n) is 7.24. The third-order valence-electron chi connectivity index (χ3n) is 4.05. The Morgan fingerprint density at radius 2 is 1.00 bits per heavy atom. The molecule has 2 atom stereocenters. The molecule has 2 unspecified atom stereocenters. The van der Waals surface area contributed by atoms with Crippen molar-refractivity contribution in [1.29, 1.82) is 0 Å². The van der Waals surface area contributed by atoms with Crippen LogP contribution in [0.5, 0.6) is 0 Å². The second kappa shape index (κ2) is 9.24. The van der Waals surface area contributed by atoms with E-state index in [0.717, 1.165) is 17.8 Å². The van der Waals surface area contributed by atoms with E-state index in [-0.39, 0.29) is 0 Å². The van der Waals surface area contributed by atoms with E-state index in [1.165, 1.54) is 44.9 Å². The minimum Gasteiger partial charge on any atom is -0.0654 e. The molecule has 0 nitrogen and oxygen atoms in total. The minimum atomic E-state index is 0.983. The average molecular weight is 212 g/mol. The molecule has 0 aromatic rings. The van der Waals surface area contributed by atoms with Gasteiger partial charge in [-0.25, -0.2) is 0 Å². The first-order chi connectivity index (χ1) is 7.24. The predicted octanol–water partition coefficient (Wildman–Crippen LogP) is 5.67. The predicted molar refractivity (Wildman–Crippen MR) is 71.2 cm³/mol. The van der Waals surface area contributed by atoms with Crippen LogP contribution >= 0.6 is 0 Å². The van der Waals surface area contributed by atoms with Crippen LogP contribution in [0.2, 0.25) is 0 Å². The van der Waals surface area contributed by atoms with Crippen LogP contribution in [0, 0.1) is 17.8 Å². The summed E-state index contributed by atoms with van der Waals surface area (Å²) in [5.74, 6) is 2.95. The lowest BCUT2D eigenvalue weighted by Gasteiger charge is -2.32. The van der Waals surface area contributed by atoms with Gasteiger partial charge in [-0.2, -0.15) is 0 Å². The van der Waals surface area contributed by atoms with E-state index in [4.69, 9.17) is 0 Å². The van der Waals surface area contributed by atoms with Crippen molar-refractivity contribution in [3.8, 4) is 0 Å². The van der Waals surface area contributed by atoms with E-state index in [1.807, 2.05) is 0 Å². The van der Waals surface area contributed by atoms with Gasteiger partial charge in [-0.1, -0.05) is 79.6 Å². The highest BCUT2D eigenvalue weighted by molar-refractivity contribution is 4.74. The molecular weight excluding hydrogens is 180 g/mol. The largest absolute Gasteiger partial charge is 0.0654 e. The Hall–Kier alpha value is 0. The summed E-state index contributed by atoms with van der Waals surface area (Å²) in [7, 11) is 0. The molecule has 0 spiro atoms. The summed E-state index contributed by atoms with van der Waals surface area (Å²) in [6, 6.07) is 0. The number of hydrogen-bond donors (Lipinski definition) is 0. The summed E-state index contributed by atoms with van der Waals surface area (Å²) in [5.41, 5.74) is 0. The summed E-state index contributed by atoms with van der Waals surface area (Å²) >= 11 is 0. The monoisotopic (exact) mass is 212 g/mol. The van der Waals surface area contributed by atoms with Crippen LogP contribution in [0.1, 0.15) is 79.6 Å². The lowest BCUT2D eigenvalue weighted by atomic mass is 9.74. The Balaban J connectivity index is 4.37. The Morgan fingerprint density at radius 1 is 0.600 bits per heavy atom. The molecule has 0 bridgehead atoms. The fourth-order valence-electron chi connectivity index (χ4n) is 3.24. The number of hydrogen-bond acceptors (Lipinski definition) is 0. The molecule has 0 saturated carbocycles. The quantitative estimate of drug-likeness (QED) is 0.462. The van der Waals surface area contributed by atoms with Gasteiger partial charge in [0.05, 0.1) is 0 Å². The average Bonchev–Trinajstić information content (AvgIpc) is 2.27. The van der Waals surface area contributed by atoms with Crippen LogP contribution in [0.3, 0.4) is 0 Å². The topological polar surface area (TPSA) is 0 Å². The third kappa shape index (κ3) is 5.04.